The molecule has 0 aromatic rings. The SMILES string of the molecule is C[C@H](CCC(=O)OCC(F)(F)S(=O)(=O)O)[C@H]1CC[C@H]2[C@@H]3C(=O)CC4C[C@H](O)CC[C@]4(C)[C@H]3C[C@H](O)[C@]12C. The van der Waals surface area contributed by atoms with Gasteiger partial charge < -0.3 is 14.9 Å². The van der Waals surface area contributed by atoms with Gasteiger partial charge in [-0.3, -0.25) is 14.1 Å². The van der Waals surface area contributed by atoms with Crippen LogP contribution in [0.1, 0.15) is 78.6 Å². The first-order chi connectivity index (χ1) is 17.0. The van der Waals surface area contributed by atoms with E-state index in [1.165, 1.54) is 0 Å². The number of aliphatic hydroxyl groups excluding tert-OH is 2. The summed E-state index contributed by atoms with van der Waals surface area (Å²) in [4.78, 5) is 25.5. The molecule has 4 fully saturated rings. The average Bonchev–Trinajstić information content (AvgIpc) is 3.16. The summed E-state index contributed by atoms with van der Waals surface area (Å²) < 4.78 is 61.1. The fourth-order valence-electron chi connectivity index (χ4n) is 8.70. The Labute approximate surface area is 217 Å². The maximum absolute atomic E-state index is 13.5. The number of Topliss-reactive ketones (excluding diaryl/α,β-unsaturated/α-hetero) is 1. The van der Waals surface area contributed by atoms with Crippen LogP contribution in [0, 0.1) is 46.3 Å². The summed E-state index contributed by atoms with van der Waals surface area (Å²) in [5.41, 5.74) is -0.604. The van der Waals surface area contributed by atoms with Crippen LogP contribution in [-0.4, -0.2) is 59.0 Å². The minimum Gasteiger partial charge on any atom is -0.458 e. The molecule has 0 radical (unpaired) electrons. The fraction of sp³-hybridized carbons (Fsp3) is 0.923. The third-order valence-electron chi connectivity index (χ3n) is 10.9. The number of rotatable bonds is 7. The summed E-state index contributed by atoms with van der Waals surface area (Å²) in [6, 6.07) is 0. The van der Waals surface area contributed by atoms with Gasteiger partial charge in [0.15, 0.2) is 6.61 Å². The largest absolute Gasteiger partial charge is 0.458 e. The molecule has 37 heavy (non-hydrogen) atoms. The molecule has 11 heteroatoms. The summed E-state index contributed by atoms with van der Waals surface area (Å²) in [5.74, 6) is -0.693. The predicted molar refractivity (Wildman–Crippen MR) is 129 cm³/mol. The molecular weight excluding hydrogens is 510 g/mol. The first-order valence-corrected chi connectivity index (χ1v) is 14.9. The first kappa shape index (κ1) is 28.8. The highest BCUT2D eigenvalue weighted by Crippen LogP contribution is 2.67. The number of aliphatic hydroxyl groups is 2. The van der Waals surface area contributed by atoms with E-state index in [0.29, 0.717) is 32.1 Å². The van der Waals surface area contributed by atoms with Crippen LogP contribution in [0.3, 0.4) is 0 Å². The van der Waals surface area contributed by atoms with Crippen molar-refractivity contribution in [3.8, 4) is 0 Å². The monoisotopic (exact) mass is 550 g/mol. The van der Waals surface area contributed by atoms with Crippen molar-refractivity contribution in [2.75, 3.05) is 6.61 Å². The second-order valence-corrected chi connectivity index (χ2v) is 14.2. The number of esters is 1. The normalized spacial score (nSPS) is 42.9. The Morgan fingerprint density at radius 3 is 2.49 bits per heavy atom. The summed E-state index contributed by atoms with van der Waals surface area (Å²) in [6.07, 6.45) is 3.88. The van der Waals surface area contributed by atoms with E-state index in [9.17, 15) is 37.0 Å². The van der Waals surface area contributed by atoms with Gasteiger partial charge in [0.05, 0.1) is 12.2 Å². The molecule has 8 nitrogen and oxygen atoms in total. The molecule has 0 aromatic heterocycles. The van der Waals surface area contributed by atoms with E-state index < -0.39 is 39.5 Å². The molecular formula is C26H40F2O8S. The lowest BCUT2D eigenvalue weighted by Crippen LogP contribution is -2.61. The minimum absolute atomic E-state index is 0.0197. The minimum atomic E-state index is -5.68. The van der Waals surface area contributed by atoms with Crippen LogP contribution in [0.5, 0.6) is 0 Å². The van der Waals surface area contributed by atoms with Crippen LogP contribution in [0.4, 0.5) is 8.78 Å². The zero-order chi connectivity index (χ0) is 27.6. The van der Waals surface area contributed by atoms with Crippen LogP contribution in [0.25, 0.3) is 0 Å². The average molecular weight is 551 g/mol. The molecule has 0 heterocycles. The highest BCUT2D eigenvalue weighted by molar-refractivity contribution is 7.86. The smallest absolute Gasteiger partial charge is 0.402 e. The van der Waals surface area contributed by atoms with Gasteiger partial charge in [0.1, 0.15) is 5.78 Å². The Bertz CT molecular complexity index is 1020. The van der Waals surface area contributed by atoms with Gasteiger partial charge in [0.25, 0.3) is 0 Å². The molecule has 4 rings (SSSR count). The van der Waals surface area contributed by atoms with Crippen molar-refractivity contribution in [2.45, 2.75) is 96.0 Å². The summed E-state index contributed by atoms with van der Waals surface area (Å²) in [6.45, 7) is 4.47. The first-order valence-electron chi connectivity index (χ1n) is 13.4. The van der Waals surface area contributed by atoms with Crippen molar-refractivity contribution in [1.29, 1.82) is 0 Å². The van der Waals surface area contributed by atoms with Crippen molar-refractivity contribution in [3.05, 3.63) is 0 Å². The number of hydrogen-bond acceptors (Lipinski definition) is 7. The highest BCUT2D eigenvalue weighted by Gasteiger charge is 2.65. The van der Waals surface area contributed by atoms with E-state index in [1.807, 2.05) is 13.8 Å². The number of carbonyl (C=O) groups is 2. The van der Waals surface area contributed by atoms with Gasteiger partial charge in [0, 0.05) is 24.2 Å². The third-order valence-corrected chi connectivity index (χ3v) is 11.8. The molecule has 0 saturated heterocycles. The predicted octanol–water partition coefficient (Wildman–Crippen LogP) is 3.60. The Kier molecular flexibility index (Phi) is 7.62. The van der Waals surface area contributed by atoms with Crippen LogP contribution < -0.4 is 0 Å². The molecule has 10 atom stereocenters. The molecule has 0 amide bonds. The van der Waals surface area contributed by atoms with Crippen LogP contribution in [-0.2, 0) is 24.4 Å². The molecule has 0 aliphatic heterocycles. The zero-order valence-corrected chi connectivity index (χ0v) is 22.6. The summed E-state index contributed by atoms with van der Waals surface area (Å²) in [5, 5.41) is 17.2. The molecule has 4 aliphatic carbocycles. The van der Waals surface area contributed by atoms with Crippen molar-refractivity contribution >= 4 is 21.9 Å². The number of fused-ring (bicyclic) bond motifs is 5. The van der Waals surface area contributed by atoms with Gasteiger partial charge in [-0.05, 0) is 80.0 Å². The molecule has 1 unspecified atom stereocenters. The zero-order valence-electron chi connectivity index (χ0n) is 21.7. The molecule has 0 bridgehead atoms. The maximum atomic E-state index is 13.5. The maximum Gasteiger partial charge on any atom is 0.402 e. The number of ether oxygens (including phenoxy) is 1. The van der Waals surface area contributed by atoms with E-state index in [0.717, 1.165) is 19.3 Å². The molecule has 4 saturated carbocycles. The van der Waals surface area contributed by atoms with Crippen molar-refractivity contribution < 1.29 is 46.3 Å². The Hall–Kier alpha value is -1.17. The van der Waals surface area contributed by atoms with Gasteiger partial charge in [-0.25, -0.2) is 0 Å². The summed E-state index contributed by atoms with van der Waals surface area (Å²) >= 11 is 0. The number of carbonyl (C=O) groups excluding carboxylic acids is 2. The molecule has 0 aromatic carbocycles. The van der Waals surface area contributed by atoms with Crippen LogP contribution >= 0.6 is 0 Å². The number of halogens is 2. The topological polar surface area (TPSA) is 138 Å². The van der Waals surface area contributed by atoms with Crippen molar-refractivity contribution in [3.63, 3.8) is 0 Å². The Balaban J connectivity index is 1.43. The molecule has 0 spiro atoms. The molecule has 212 valence electrons. The molecule has 3 N–H and O–H groups in total. The van der Waals surface area contributed by atoms with Gasteiger partial charge in [-0.15, -0.1) is 0 Å². The Morgan fingerprint density at radius 2 is 1.84 bits per heavy atom. The highest BCUT2D eigenvalue weighted by atomic mass is 32.2. The number of ketones is 1. The lowest BCUT2D eigenvalue weighted by atomic mass is 9.43. The standard InChI is InChI=1S/C26H40F2O8S/c1-14(4-7-22(32)36-13-26(27,28)37(33,34)35)17-5-6-18-23-19(12-21(31)25(17,18)3)24(2)9-8-16(29)10-15(24)11-20(23)30/h14-19,21,23,29,31H,4-13H2,1-3H3,(H,33,34,35)/t14-,15?,16-,17-,18+,19+,21+,23+,24+,25-/m1/s1. The van der Waals surface area contributed by atoms with Gasteiger partial charge >= 0.3 is 21.3 Å². The van der Waals surface area contributed by atoms with E-state index in [4.69, 9.17) is 4.55 Å². The third kappa shape index (κ3) is 4.87. The van der Waals surface area contributed by atoms with Crippen LogP contribution in [0.15, 0.2) is 0 Å². The van der Waals surface area contributed by atoms with Gasteiger partial charge in [-0.1, -0.05) is 20.8 Å². The van der Waals surface area contributed by atoms with Crippen LogP contribution in [0.2, 0.25) is 0 Å². The second-order valence-electron chi connectivity index (χ2n) is 12.6. The van der Waals surface area contributed by atoms with E-state index in [-0.39, 0.29) is 59.2 Å². The van der Waals surface area contributed by atoms with E-state index in [2.05, 4.69) is 11.7 Å². The summed E-state index contributed by atoms with van der Waals surface area (Å²) in [7, 11) is -5.68. The quantitative estimate of drug-likeness (QED) is 0.323. The van der Waals surface area contributed by atoms with Gasteiger partial charge in [0.2, 0.25) is 0 Å². The number of alkyl halides is 2. The second kappa shape index (κ2) is 9.78. The van der Waals surface area contributed by atoms with Crippen molar-refractivity contribution in [2.24, 2.45) is 46.3 Å². The van der Waals surface area contributed by atoms with E-state index in [1.54, 1.807) is 0 Å². The fourth-order valence-corrected chi connectivity index (χ4v) is 8.91. The number of hydrogen-bond donors (Lipinski definition) is 3. The lowest BCUT2D eigenvalue weighted by molar-refractivity contribution is -0.182. The lowest BCUT2D eigenvalue weighted by Gasteiger charge is -2.61. The Morgan fingerprint density at radius 1 is 1.16 bits per heavy atom. The van der Waals surface area contributed by atoms with Gasteiger partial charge in [-0.2, -0.15) is 17.2 Å². The van der Waals surface area contributed by atoms with E-state index >= 15 is 0 Å². The molecule has 4 aliphatic rings. The van der Waals surface area contributed by atoms with Crippen molar-refractivity contribution in [1.82, 2.24) is 0 Å².